The summed E-state index contributed by atoms with van der Waals surface area (Å²) < 4.78 is 60.7. The molecule has 1 aromatic carbocycles. The van der Waals surface area contributed by atoms with Crippen molar-refractivity contribution >= 4 is 23.0 Å². The molecule has 1 aliphatic heterocycles. The van der Waals surface area contributed by atoms with E-state index in [4.69, 9.17) is 14.7 Å². The smallest absolute Gasteiger partial charge is 0.383 e. The highest BCUT2D eigenvalue weighted by Gasteiger charge is 2.37. The molecule has 1 fully saturated rings. The number of aromatic nitrogens is 6. The van der Waals surface area contributed by atoms with E-state index in [-0.39, 0.29) is 11.2 Å². The lowest BCUT2D eigenvalue weighted by atomic mass is 10.0. The van der Waals surface area contributed by atoms with Crippen LogP contribution in [0.2, 0.25) is 0 Å². The van der Waals surface area contributed by atoms with Crippen LogP contribution in [-0.4, -0.2) is 79.4 Å². The zero-order chi connectivity index (χ0) is 32.4. The number of para-hydroxylation sites is 1. The first-order valence-corrected chi connectivity index (χ1v) is 14.2. The number of methoxy groups -OCH3 is 1. The fraction of sp³-hybridized carbons (Fsp3) is 0.300. The van der Waals surface area contributed by atoms with Crippen molar-refractivity contribution in [2.24, 2.45) is 0 Å². The summed E-state index contributed by atoms with van der Waals surface area (Å²) in [6.07, 6.45) is -1.26. The van der Waals surface area contributed by atoms with Gasteiger partial charge in [-0.25, -0.2) is 24.4 Å². The number of nitrogens with one attached hydrogen (secondary N) is 2. The van der Waals surface area contributed by atoms with Crippen LogP contribution in [0.4, 0.5) is 28.2 Å². The molecule has 2 N–H and O–H groups in total. The Morgan fingerprint density at radius 3 is 2.67 bits per heavy atom. The zero-order valence-electron chi connectivity index (χ0n) is 24.7. The van der Waals surface area contributed by atoms with Crippen molar-refractivity contribution in [1.82, 2.24) is 39.7 Å². The number of pyridine rings is 2. The number of hydroxylamine groups is 2. The maximum absolute atomic E-state index is 14.0. The molecule has 5 heterocycles. The van der Waals surface area contributed by atoms with Gasteiger partial charge in [0.25, 0.3) is 0 Å². The van der Waals surface area contributed by atoms with Crippen LogP contribution in [0.1, 0.15) is 17.2 Å². The van der Waals surface area contributed by atoms with Crippen LogP contribution in [0, 0.1) is 12.9 Å². The minimum atomic E-state index is -4.43. The first-order valence-electron chi connectivity index (χ1n) is 14.2. The van der Waals surface area contributed by atoms with Crippen molar-refractivity contribution in [3.05, 3.63) is 84.3 Å². The van der Waals surface area contributed by atoms with Gasteiger partial charge in [0.15, 0.2) is 5.65 Å². The lowest BCUT2D eigenvalue weighted by Gasteiger charge is -2.19. The number of imidazole rings is 1. The van der Waals surface area contributed by atoms with Gasteiger partial charge in [-0.15, -0.1) is 0 Å². The Kier molecular flexibility index (Phi) is 8.66. The lowest BCUT2D eigenvalue weighted by molar-refractivity contribution is -0.154. The second-order valence-electron chi connectivity index (χ2n) is 10.6. The monoisotopic (exact) mass is 639 g/mol. The number of rotatable bonds is 9. The average Bonchev–Trinajstić information content (AvgIpc) is 3.71. The van der Waals surface area contributed by atoms with Crippen LogP contribution >= 0.6 is 0 Å². The molecule has 4 aromatic heterocycles. The van der Waals surface area contributed by atoms with Crippen molar-refractivity contribution in [3.8, 4) is 16.9 Å². The summed E-state index contributed by atoms with van der Waals surface area (Å²) in [5.41, 5.74) is 3.02. The van der Waals surface area contributed by atoms with Crippen molar-refractivity contribution in [2.45, 2.75) is 31.8 Å². The van der Waals surface area contributed by atoms with E-state index in [1.54, 1.807) is 35.9 Å². The molecule has 1 saturated heterocycles. The Morgan fingerprint density at radius 2 is 1.93 bits per heavy atom. The molecule has 0 radical (unpaired) electrons. The highest BCUT2D eigenvalue weighted by atomic mass is 19.4. The third-order valence-electron chi connectivity index (χ3n) is 7.40. The van der Waals surface area contributed by atoms with E-state index in [9.17, 15) is 22.4 Å². The predicted octanol–water partition coefficient (Wildman–Crippen LogP) is 4.81. The molecule has 240 valence electrons. The minimum Gasteiger partial charge on any atom is -0.383 e. The Morgan fingerprint density at radius 1 is 1.13 bits per heavy atom. The van der Waals surface area contributed by atoms with E-state index < -0.39 is 36.8 Å². The Bertz CT molecular complexity index is 1840. The van der Waals surface area contributed by atoms with Gasteiger partial charge in [0, 0.05) is 43.7 Å². The molecule has 0 aliphatic carbocycles. The number of carbonyl (C=O) groups excluding carboxylic acids is 1. The summed E-state index contributed by atoms with van der Waals surface area (Å²) in [5.74, 6) is -0.322. The van der Waals surface area contributed by atoms with Gasteiger partial charge < -0.3 is 14.6 Å². The van der Waals surface area contributed by atoms with Gasteiger partial charge in [0.2, 0.25) is 5.95 Å². The zero-order valence-corrected chi connectivity index (χ0v) is 24.7. The van der Waals surface area contributed by atoms with E-state index in [0.717, 1.165) is 10.9 Å². The number of nitrogens with zero attached hydrogens (tertiary/aromatic N) is 7. The van der Waals surface area contributed by atoms with Crippen LogP contribution in [0.15, 0.2) is 67.3 Å². The highest BCUT2D eigenvalue weighted by molar-refractivity contribution is 5.91. The number of halogens is 4. The van der Waals surface area contributed by atoms with E-state index in [0.29, 0.717) is 53.6 Å². The number of carbonyl (C=O) groups is 1. The number of ether oxygens (including phenoxy) is 1. The minimum absolute atomic E-state index is 0.0842. The summed E-state index contributed by atoms with van der Waals surface area (Å²) in [7, 11) is 1.57. The van der Waals surface area contributed by atoms with Crippen molar-refractivity contribution in [2.75, 3.05) is 32.1 Å². The number of alkyl halides is 3. The van der Waals surface area contributed by atoms with Gasteiger partial charge in [0.05, 0.1) is 30.4 Å². The number of hydrogen-bond acceptors (Lipinski definition) is 8. The van der Waals surface area contributed by atoms with Gasteiger partial charge >= 0.3 is 12.2 Å². The van der Waals surface area contributed by atoms with Crippen LogP contribution in [0.5, 0.6) is 0 Å². The molecule has 6 rings (SSSR count). The summed E-state index contributed by atoms with van der Waals surface area (Å²) in [5, 5.41) is 12.2. The van der Waals surface area contributed by atoms with E-state index in [1.165, 1.54) is 18.5 Å². The molecule has 46 heavy (non-hydrogen) atoms. The topological polar surface area (TPSA) is 124 Å². The summed E-state index contributed by atoms with van der Waals surface area (Å²) in [4.78, 5) is 31.5. The molecular weight excluding hydrogens is 610 g/mol. The summed E-state index contributed by atoms with van der Waals surface area (Å²) >= 11 is 0. The number of hydrogen-bond donors (Lipinski definition) is 2. The SMILES string of the molecule is COCCN1C[C@@H](NC(=O)Nc2c(C)c(-c3cnc4c(c3)ncn4CC(F)(F)F)nn2-c2ccccc2)[C@H](c2ccnc(F)c2)O1. The van der Waals surface area contributed by atoms with Crippen molar-refractivity contribution in [3.63, 3.8) is 0 Å². The van der Waals surface area contributed by atoms with Gasteiger partial charge in [-0.05, 0) is 42.8 Å². The molecule has 1 aliphatic rings. The van der Waals surface area contributed by atoms with Gasteiger partial charge in [-0.3, -0.25) is 10.2 Å². The molecule has 12 nitrogen and oxygen atoms in total. The fourth-order valence-electron chi connectivity index (χ4n) is 5.31. The van der Waals surface area contributed by atoms with E-state index >= 15 is 0 Å². The molecule has 2 amide bonds. The third kappa shape index (κ3) is 6.68. The second kappa shape index (κ2) is 12.8. The summed E-state index contributed by atoms with van der Waals surface area (Å²) in [6, 6.07) is 12.5. The van der Waals surface area contributed by atoms with Crippen LogP contribution < -0.4 is 10.6 Å². The first kappa shape index (κ1) is 31.1. The number of fused-ring (bicyclic) bond motifs is 1. The Labute approximate surface area is 259 Å². The molecule has 0 bridgehead atoms. The predicted molar refractivity (Wildman–Crippen MR) is 158 cm³/mol. The number of amides is 2. The molecule has 5 aromatic rings. The standard InChI is InChI=1S/C30H29F4N9O3/c1-18-25(20-12-22-28(36-14-20)41(17-37-22)16-30(32,33)34)40-43(21-6-4-3-5-7-21)27(18)39-29(44)38-23-15-42(10-11-45-2)46-26(23)19-8-9-35-24(31)13-19/h3-9,12-14,17,23,26H,10-11,15-16H2,1-2H3,(H2,38,39,44)/t23-,26+/m1/s1. The highest BCUT2D eigenvalue weighted by Crippen LogP contribution is 2.33. The molecular formula is C30H29F4N9O3. The van der Waals surface area contributed by atoms with Gasteiger partial charge in [-0.2, -0.15) is 27.7 Å². The number of anilines is 1. The normalized spacial score (nSPS) is 17.1. The maximum atomic E-state index is 14.0. The van der Waals surface area contributed by atoms with Crippen molar-refractivity contribution in [1.29, 1.82) is 0 Å². The van der Waals surface area contributed by atoms with Gasteiger partial charge in [-0.1, -0.05) is 18.2 Å². The Balaban J connectivity index is 1.30. The van der Waals surface area contributed by atoms with E-state index in [2.05, 4.69) is 25.6 Å². The average molecular weight is 640 g/mol. The molecule has 0 saturated carbocycles. The Hall–Kier alpha value is -4.93. The molecule has 16 heteroatoms. The molecule has 0 spiro atoms. The summed E-state index contributed by atoms with van der Waals surface area (Å²) in [6.45, 7) is 1.67. The largest absolute Gasteiger partial charge is 0.406 e. The van der Waals surface area contributed by atoms with Crippen LogP contribution in [-0.2, 0) is 16.1 Å². The van der Waals surface area contributed by atoms with Gasteiger partial charge in [0.1, 0.15) is 24.0 Å². The number of benzene rings is 1. The molecule has 0 unspecified atom stereocenters. The lowest BCUT2D eigenvalue weighted by Crippen LogP contribution is -2.42. The molecule has 2 atom stereocenters. The van der Waals surface area contributed by atoms with Crippen LogP contribution in [0.3, 0.4) is 0 Å². The first-order chi connectivity index (χ1) is 22.1. The fourth-order valence-corrected chi connectivity index (χ4v) is 5.31. The number of urea groups is 1. The van der Waals surface area contributed by atoms with Crippen molar-refractivity contribution < 1.29 is 31.9 Å². The third-order valence-corrected chi connectivity index (χ3v) is 7.40. The van der Waals surface area contributed by atoms with E-state index in [1.807, 2.05) is 30.3 Å². The maximum Gasteiger partial charge on any atom is 0.406 e. The van der Waals surface area contributed by atoms with Crippen LogP contribution in [0.25, 0.3) is 28.1 Å². The quantitative estimate of drug-likeness (QED) is 0.174. The second-order valence-corrected chi connectivity index (χ2v) is 10.6.